The van der Waals surface area contributed by atoms with Gasteiger partial charge in [-0.05, 0) is 23.6 Å². The first-order valence-corrected chi connectivity index (χ1v) is 11.9. The highest BCUT2D eigenvalue weighted by Crippen LogP contribution is 2.40. The molecule has 36 heavy (non-hydrogen) atoms. The fraction of sp³-hybridized carbons (Fsp3) is 0.423. The molecule has 2 aromatic heterocycles. The van der Waals surface area contributed by atoms with Gasteiger partial charge in [0, 0.05) is 12.3 Å². The van der Waals surface area contributed by atoms with Crippen molar-refractivity contribution in [1.29, 1.82) is 5.26 Å². The molecule has 10 heteroatoms. The molecule has 1 fully saturated rings. The largest absolute Gasteiger partial charge is 0.463 e. The first-order valence-electron chi connectivity index (χ1n) is 11.9. The van der Waals surface area contributed by atoms with Crippen LogP contribution in [-0.2, 0) is 31.1 Å². The highest BCUT2D eigenvalue weighted by atomic mass is 16.6. The van der Waals surface area contributed by atoms with Crippen molar-refractivity contribution in [3.05, 3.63) is 60.0 Å². The Bertz CT molecular complexity index is 1280. The van der Waals surface area contributed by atoms with Crippen LogP contribution in [-0.4, -0.2) is 50.4 Å². The van der Waals surface area contributed by atoms with E-state index in [2.05, 4.69) is 21.5 Å². The predicted molar refractivity (Wildman–Crippen MR) is 130 cm³/mol. The van der Waals surface area contributed by atoms with Crippen molar-refractivity contribution in [2.45, 2.75) is 51.4 Å². The summed E-state index contributed by atoms with van der Waals surface area (Å²) >= 11 is 0. The maximum Gasteiger partial charge on any atom is 0.310 e. The lowest BCUT2D eigenvalue weighted by Gasteiger charge is -2.24. The van der Waals surface area contributed by atoms with Crippen LogP contribution < -0.4 is 5.32 Å². The Morgan fingerprint density at radius 1 is 1.28 bits per heavy atom. The van der Waals surface area contributed by atoms with Crippen LogP contribution in [0.1, 0.15) is 38.4 Å². The van der Waals surface area contributed by atoms with Crippen LogP contribution >= 0.6 is 0 Å². The van der Waals surface area contributed by atoms with Crippen molar-refractivity contribution < 1.29 is 24.2 Å². The molecule has 2 N–H and O–H groups in total. The van der Waals surface area contributed by atoms with Gasteiger partial charge >= 0.3 is 5.97 Å². The number of nitriles is 1. The van der Waals surface area contributed by atoms with Crippen LogP contribution in [0.15, 0.2) is 48.8 Å². The molecule has 0 aliphatic carbocycles. The van der Waals surface area contributed by atoms with E-state index >= 15 is 0 Å². The summed E-state index contributed by atoms with van der Waals surface area (Å²) < 4.78 is 12.8. The number of ether oxygens (including phenoxy) is 2. The van der Waals surface area contributed by atoms with Crippen LogP contribution in [0, 0.1) is 23.2 Å². The lowest BCUT2D eigenvalue weighted by Crippen LogP contribution is -2.37. The lowest BCUT2D eigenvalue weighted by atomic mass is 9.94. The number of benzene rings is 1. The summed E-state index contributed by atoms with van der Waals surface area (Å²) in [5.41, 5.74) is -0.157. The number of amides is 1. The number of esters is 1. The van der Waals surface area contributed by atoms with E-state index in [4.69, 9.17) is 9.47 Å². The van der Waals surface area contributed by atoms with Crippen LogP contribution in [0.3, 0.4) is 0 Å². The van der Waals surface area contributed by atoms with Gasteiger partial charge in [-0.15, -0.1) is 0 Å². The lowest BCUT2D eigenvalue weighted by molar-refractivity contribution is -0.148. The number of nitrogens with zero attached hydrogens (tertiary/aromatic N) is 4. The maximum absolute atomic E-state index is 12.6. The summed E-state index contributed by atoms with van der Waals surface area (Å²) in [5.74, 6) is -0.401. The molecule has 0 bridgehead atoms. The molecule has 1 saturated heterocycles. The van der Waals surface area contributed by atoms with Gasteiger partial charge in [0.25, 0.3) is 0 Å². The fourth-order valence-electron chi connectivity index (χ4n) is 4.14. The van der Waals surface area contributed by atoms with E-state index in [0.29, 0.717) is 17.0 Å². The zero-order chi connectivity index (χ0) is 25.9. The normalized spacial score (nSPS) is 22.3. The Hall–Kier alpha value is -3.81. The van der Waals surface area contributed by atoms with Gasteiger partial charge in [0.05, 0.1) is 18.2 Å². The van der Waals surface area contributed by atoms with Crippen LogP contribution in [0.5, 0.6) is 0 Å². The standard InChI is InChI=1S/C26H29N5O5/c1-16(2)17(3)25(34)30-24-20-9-10-21(31(20)29-15-28-24)26(14-27)22(32)12-19(36-26)13-35-23(33)11-18-7-5-4-6-8-18/h4-10,15-17,19,22,32H,11-13H2,1-3H3,(H,28,29,30,34)/t17-,19-,22-,26+/m1/s1. The zero-order valence-corrected chi connectivity index (χ0v) is 20.4. The Kier molecular flexibility index (Phi) is 7.33. The van der Waals surface area contributed by atoms with Gasteiger partial charge in [-0.2, -0.15) is 10.4 Å². The van der Waals surface area contributed by atoms with Crippen molar-refractivity contribution in [1.82, 2.24) is 14.6 Å². The van der Waals surface area contributed by atoms with Crippen molar-refractivity contribution in [3.8, 4) is 6.07 Å². The number of carbonyl (C=O) groups is 2. The highest BCUT2D eigenvalue weighted by molar-refractivity contribution is 5.95. The Morgan fingerprint density at radius 3 is 2.72 bits per heavy atom. The first kappa shape index (κ1) is 25.3. The second-order valence-corrected chi connectivity index (χ2v) is 9.33. The summed E-state index contributed by atoms with van der Waals surface area (Å²) in [7, 11) is 0. The molecular formula is C26H29N5O5. The average Bonchev–Trinajstić information content (AvgIpc) is 3.44. The van der Waals surface area contributed by atoms with Crippen molar-refractivity contribution >= 4 is 23.2 Å². The second-order valence-electron chi connectivity index (χ2n) is 9.33. The number of hydrogen-bond donors (Lipinski definition) is 2. The van der Waals surface area contributed by atoms with Gasteiger partial charge in [0.15, 0.2) is 5.82 Å². The molecule has 4 atom stereocenters. The molecule has 1 aliphatic rings. The number of rotatable bonds is 8. The number of aromatic nitrogens is 3. The molecule has 1 aliphatic heterocycles. The number of fused-ring (bicyclic) bond motifs is 1. The first-order chi connectivity index (χ1) is 17.2. The Balaban J connectivity index is 1.51. The molecular weight excluding hydrogens is 462 g/mol. The number of aliphatic hydroxyl groups is 1. The smallest absolute Gasteiger partial charge is 0.310 e. The minimum Gasteiger partial charge on any atom is -0.463 e. The van der Waals surface area contributed by atoms with Gasteiger partial charge < -0.3 is 19.9 Å². The summed E-state index contributed by atoms with van der Waals surface area (Å²) in [4.78, 5) is 29.0. The SMILES string of the molecule is CC(C)[C@@H](C)C(=O)Nc1ncnn2c([C@]3(C#N)O[C@@H](COC(=O)Cc4ccccc4)C[C@H]3O)ccc12. The van der Waals surface area contributed by atoms with Crippen LogP contribution in [0.4, 0.5) is 5.82 Å². The number of carbonyl (C=O) groups excluding carboxylic acids is 2. The molecule has 0 radical (unpaired) electrons. The molecule has 0 spiro atoms. The minimum atomic E-state index is -1.73. The molecule has 10 nitrogen and oxygen atoms in total. The van der Waals surface area contributed by atoms with Gasteiger partial charge in [-0.3, -0.25) is 9.59 Å². The third-order valence-corrected chi connectivity index (χ3v) is 6.58. The third kappa shape index (κ3) is 4.94. The van der Waals surface area contributed by atoms with E-state index in [-0.39, 0.29) is 37.2 Å². The molecule has 0 saturated carbocycles. The number of nitrogens with one attached hydrogen (secondary N) is 1. The van der Waals surface area contributed by atoms with E-state index in [1.54, 1.807) is 12.1 Å². The van der Waals surface area contributed by atoms with Crippen molar-refractivity contribution in [3.63, 3.8) is 0 Å². The summed E-state index contributed by atoms with van der Waals surface area (Å²) in [6.07, 6.45) is -0.393. The Labute approximate surface area is 208 Å². The molecule has 1 aromatic carbocycles. The van der Waals surface area contributed by atoms with Crippen LogP contribution in [0.2, 0.25) is 0 Å². The Morgan fingerprint density at radius 2 is 2.03 bits per heavy atom. The quantitative estimate of drug-likeness (QED) is 0.459. The van der Waals surface area contributed by atoms with Crippen molar-refractivity contribution in [2.24, 2.45) is 11.8 Å². The molecule has 188 valence electrons. The zero-order valence-electron chi connectivity index (χ0n) is 20.4. The summed E-state index contributed by atoms with van der Waals surface area (Å²) in [6, 6.07) is 14.6. The number of hydrogen-bond acceptors (Lipinski definition) is 8. The van der Waals surface area contributed by atoms with Crippen molar-refractivity contribution in [2.75, 3.05) is 11.9 Å². The molecule has 1 amide bonds. The monoisotopic (exact) mass is 491 g/mol. The second kappa shape index (κ2) is 10.4. The summed E-state index contributed by atoms with van der Waals surface area (Å²) in [6.45, 7) is 5.65. The predicted octanol–water partition coefficient (Wildman–Crippen LogP) is 2.61. The van der Waals surface area contributed by atoms with Gasteiger partial charge in [-0.1, -0.05) is 51.1 Å². The minimum absolute atomic E-state index is 0.0972. The number of anilines is 1. The van der Waals surface area contributed by atoms with Gasteiger partial charge in [-0.25, -0.2) is 9.50 Å². The van der Waals surface area contributed by atoms with E-state index in [9.17, 15) is 20.0 Å². The summed E-state index contributed by atoms with van der Waals surface area (Å²) in [5, 5.41) is 28.0. The molecule has 0 unspecified atom stereocenters. The fourth-order valence-corrected chi connectivity index (χ4v) is 4.14. The van der Waals surface area contributed by atoms with Gasteiger partial charge in [0.2, 0.25) is 11.5 Å². The van der Waals surface area contributed by atoms with Crippen LogP contribution in [0.25, 0.3) is 5.52 Å². The topological polar surface area (TPSA) is 139 Å². The van der Waals surface area contributed by atoms with E-state index in [1.807, 2.05) is 51.1 Å². The van der Waals surface area contributed by atoms with E-state index in [0.717, 1.165) is 5.56 Å². The van der Waals surface area contributed by atoms with Gasteiger partial charge in [0.1, 0.15) is 30.6 Å². The molecule has 3 aromatic rings. The highest BCUT2D eigenvalue weighted by Gasteiger charge is 2.52. The number of aliphatic hydroxyl groups excluding tert-OH is 1. The van der Waals surface area contributed by atoms with E-state index in [1.165, 1.54) is 10.8 Å². The molecule has 3 heterocycles. The van der Waals surface area contributed by atoms with E-state index < -0.39 is 23.8 Å². The maximum atomic E-state index is 12.6. The average molecular weight is 492 g/mol. The third-order valence-electron chi connectivity index (χ3n) is 6.58. The molecule has 4 rings (SSSR count).